The van der Waals surface area contributed by atoms with Crippen LogP contribution in [0.3, 0.4) is 0 Å². The Hall–Kier alpha value is -0.580. The van der Waals surface area contributed by atoms with Crippen LogP contribution in [0.15, 0.2) is 22.7 Å². The summed E-state index contributed by atoms with van der Waals surface area (Å²) < 4.78 is 0.722. The predicted molar refractivity (Wildman–Crippen MR) is 65.6 cm³/mol. The van der Waals surface area contributed by atoms with Crippen molar-refractivity contribution in [1.82, 2.24) is 4.90 Å². The molecule has 1 aliphatic heterocycles. The van der Waals surface area contributed by atoms with Crippen molar-refractivity contribution in [1.29, 1.82) is 0 Å². The van der Waals surface area contributed by atoms with E-state index in [-0.39, 0.29) is 18.4 Å². The standard InChI is InChI=1S/C11H11BrClNO2/c12-9-3-8(1-2-10(9)13)11(16)14-4-7(5-14)6-15/h1-3,7,15H,4-6H2. The zero-order valence-corrected chi connectivity index (χ0v) is 10.8. The fourth-order valence-corrected chi connectivity index (χ4v) is 2.16. The highest BCUT2D eigenvalue weighted by atomic mass is 79.9. The lowest BCUT2D eigenvalue weighted by Crippen LogP contribution is -2.51. The van der Waals surface area contributed by atoms with E-state index in [1.54, 1.807) is 23.1 Å². The third-order valence-electron chi connectivity index (χ3n) is 2.67. The number of carbonyl (C=O) groups is 1. The highest BCUT2D eigenvalue weighted by Crippen LogP contribution is 2.25. The second-order valence-electron chi connectivity index (χ2n) is 3.89. The van der Waals surface area contributed by atoms with Gasteiger partial charge >= 0.3 is 0 Å². The number of nitrogens with zero attached hydrogens (tertiary/aromatic N) is 1. The topological polar surface area (TPSA) is 40.5 Å². The SMILES string of the molecule is O=C(c1ccc(Cl)c(Br)c1)N1CC(CO)C1. The molecule has 1 N–H and O–H groups in total. The van der Waals surface area contributed by atoms with Gasteiger partial charge in [-0.1, -0.05) is 11.6 Å². The lowest BCUT2D eigenvalue weighted by Gasteiger charge is -2.38. The first-order chi connectivity index (χ1) is 7.61. The predicted octanol–water partition coefficient (Wildman–Crippen LogP) is 2.17. The molecule has 0 aliphatic carbocycles. The van der Waals surface area contributed by atoms with Crippen LogP contribution in [0.4, 0.5) is 0 Å². The molecule has 0 spiro atoms. The van der Waals surface area contributed by atoms with E-state index in [1.165, 1.54) is 0 Å². The van der Waals surface area contributed by atoms with Gasteiger partial charge in [0, 0.05) is 35.7 Å². The number of hydrogen-bond acceptors (Lipinski definition) is 2. The molecular weight excluding hydrogens is 293 g/mol. The first kappa shape index (κ1) is 11.9. The molecule has 1 aliphatic rings. The van der Waals surface area contributed by atoms with Crippen molar-refractivity contribution in [2.45, 2.75) is 0 Å². The van der Waals surface area contributed by atoms with Crippen LogP contribution >= 0.6 is 27.5 Å². The summed E-state index contributed by atoms with van der Waals surface area (Å²) in [4.78, 5) is 13.7. The molecule has 1 fully saturated rings. The molecule has 0 bridgehead atoms. The van der Waals surface area contributed by atoms with E-state index >= 15 is 0 Å². The molecule has 0 radical (unpaired) electrons. The Bertz CT molecular complexity index is 418. The first-order valence-electron chi connectivity index (χ1n) is 4.97. The van der Waals surface area contributed by atoms with E-state index in [9.17, 15) is 4.79 Å². The molecule has 1 aromatic carbocycles. The van der Waals surface area contributed by atoms with Crippen molar-refractivity contribution < 1.29 is 9.90 Å². The molecule has 1 heterocycles. The maximum atomic E-state index is 11.9. The van der Waals surface area contributed by atoms with Crippen molar-refractivity contribution in [2.24, 2.45) is 5.92 Å². The average Bonchev–Trinajstić information content (AvgIpc) is 2.20. The highest BCUT2D eigenvalue weighted by Gasteiger charge is 2.30. The van der Waals surface area contributed by atoms with Gasteiger partial charge in [-0.3, -0.25) is 4.79 Å². The van der Waals surface area contributed by atoms with Gasteiger partial charge in [-0.2, -0.15) is 0 Å². The van der Waals surface area contributed by atoms with Crippen molar-refractivity contribution in [3.63, 3.8) is 0 Å². The van der Waals surface area contributed by atoms with Gasteiger partial charge < -0.3 is 10.0 Å². The number of halogens is 2. The van der Waals surface area contributed by atoms with Gasteiger partial charge in [0.2, 0.25) is 0 Å². The summed E-state index contributed by atoms with van der Waals surface area (Å²) in [5, 5.41) is 9.46. The van der Waals surface area contributed by atoms with Gasteiger partial charge in [0.05, 0.1) is 5.02 Å². The van der Waals surface area contributed by atoms with Crippen LogP contribution in [-0.4, -0.2) is 35.6 Å². The molecule has 1 aromatic rings. The zero-order valence-electron chi connectivity index (χ0n) is 8.49. The van der Waals surface area contributed by atoms with Gasteiger partial charge in [0.25, 0.3) is 5.91 Å². The minimum atomic E-state index is -0.0120. The Balaban J connectivity index is 2.07. The minimum Gasteiger partial charge on any atom is -0.396 e. The van der Waals surface area contributed by atoms with E-state index in [0.717, 1.165) is 4.47 Å². The summed E-state index contributed by atoms with van der Waals surface area (Å²) in [6, 6.07) is 5.13. The van der Waals surface area contributed by atoms with E-state index < -0.39 is 0 Å². The number of aliphatic hydroxyl groups excluding tert-OH is 1. The summed E-state index contributed by atoms with van der Waals surface area (Å²) in [5.41, 5.74) is 0.618. The van der Waals surface area contributed by atoms with E-state index in [1.807, 2.05) is 0 Å². The second-order valence-corrected chi connectivity index (χ2v) is 5.15. The molecule has 0 atom stereocenters. The molecule has 1 amide bonds. The molecule has 3 nitrogen and oxygen atoms in total. The summed E-state index contributed by atoms with van der Waals surface area (Å²) >= 11 is 9.14. The minimum absolute atomic E-state index is 0.0120. The molecule has 0 aromatic heterocycles. The quantitative estimate of drug-likeness (QED) is 0.909. The van der Waals surface area contributed by atoms with E-state index in [0.29, 0.717) is 23.7 Å². The zero-order chi connectivity index (χ0) is 11.7. The Morgan fingerprint density at radius 2 is 2.25 bits per heavy atom. The number of rotatable bonds is 2. The van der Waals surface area contributed by atoms with Gasteiger partial charge in [-0.05, 0) is 34.1 Å². The largest absolute Gasteiger partial charge is 0.396 e. The van der Waals surface area contributed by atoms with Gasteiger partial charge in [0.1, 0.15) is 0 Å². The molecule has 86 valence electrons. The lowest BCUT2D eigenvalue weighted by molar-refractivity contribution is 0.0362. The fourth-order valence-electron chi connectivity index (χ4n) is 1.66. The van der Waals surface area contributed by atoms with Crippen molar-refractivity contribution in [3.05, 3.63) is 33.3 Å². The van der Waals surface area contributed by atoms with Gasteiger partial charge in [-0.15, -0.1) is 0 Å². The summed E-state index contributed by atoms with van der Waals surface area (Å²) in [7, 11) is 0. The molecule has 0 unspecified atom stereocenters. The monoisotopic (exact) mass is 303 g/mol. The Morgan fingerprint density at radius 1 is 1.56 bits per heavy atom. The van der Waals surface area contributed by atoms with E-state index in [4.69, 9.17) is 16.7 Å². The normalized spacial score (nSPS) is 16.1. The van der Waals surface area contributed by atoms with Gasteiger partial charge in [0.15, 0.2) is 0 Å². The summed E-state index contributed by atoms with van der Waals surface area (Å²) in [6.45, 7) is 1.42. The fraction of sp³-hybridized carbons (Fsp3) is 0.364. The molecule has 16 heavy (non-hydrogen) atoms. The second kappa shape index (κ2) is 4.73. The molecular formula is C11H11BrClNO2. The van der Waals surface area contributed by atoms with Crippen LogP contribution in [0.2, 0.25) is 5.02 Å². The molecule has 2 rings (SSSR count). The number of aliphatic hydroxyl groups is 1. The van der Waals surface area contributed by atoms with Crippen molar-refractivity contribution >= 4 is 33.4 Å². The first-order valence-corrected chi connectivity index (χ1v) is 6.14. The van der Waals surface area contributed by atoms with Crippen molar-refractivity contribution in [3.8, 4) is 0 Å². The number of amides is 1. The third kappa shape index (κ3) is 2.24. The number of carbonyl (C=O) groups excluding carboxylic acids is 1. The van der Waals surface area contributed by atoms with Crippen LogP contribution < -0.4 is 0 Å². The Labute approximate surface area is 107 Å². The molecule has 5 heteroatoms. The Kier molecular flexibility index (Phi) is 3.52. The summed E-state index contributed by atoms with van der Waals surface area (Å²) in [6.07, 6.45) is 0. The number of hydrogen-bond donors (Lipinski definition) is 1. The average molecular weight is 305 g/mol. The highest BCUT2D eigenvalue weighted by molar-refractivity contribution is 9.10. The third-order valence-corrected chi connectivity index (χ3v) is 3.88. The van der Waals surface area contributed by atoms with E-state index in [2.05, 4.69) is 15.9 Å². The van der Waals surface area contributed by atoms with Crippen LogP contribution in [0.1, 0.15) is 10.4 Å². The molecule has 1 saturated heterocycles. The Morgan fingerprint density at radius 3 is 2.81 bits per heavy atom. The maximum absolute atomic E-state index is 11.9. The summed E-state index contributed by atoms with van der Waals surface area (Å²) in [5.74, 6) is 0.224. The lowest BCUT2D eigenvalue weighted by atomic mass is 10.00. The maximum Gasteiger partial charge on any atom is 0.253 e. The van der Waals surface area contributed by atoms with Crippen LogP contribution in [0.25, 0.3) is 0 Å². The molecule has 0 saturated carbocycles. The van der Waals surface area contributed by atoms with Gasteiger partial charge in [-0.25, -0.2) is 0 Å². The smallest absolute Gasteiger partial charge is 0.253 e. The van der Waals surface area contributed by atoms with Crippen molar-refractivity contribution in [2.75, 3.05) is 19.7 Å². The number of likely N-dealkylation sites (tertiary alicyclic amines) is 1. The van der Waals surface area contributed by atoms with Crippen LogP contribution in [-0.2, 0) is 0 Å². The van der Waals surface area contributed by atoms with Crippen LogP contribution in [0, 0.1) is 5.92 Å². The number of benzene rings is 1. The van der Waals surface area contributed by atoms with Crippen LogP contribution in [0.5, 0.6) is 0 Å².